The van der Waals surface area contributed by atoms with E-state index in [0.717, 1.165) is 11.1 Å². The molecule has 0 aliphatic carbocycles. The molecule has 3 aromatic carbocycles. The summed E-state index contributed by atoms with van der Waals surface area (Å²) in [5, 5.41) is 2.90. The number of aromatic nitrogens is 2. The molecule has 32 heavy (non-hydrogen) atoms. The van der Waals surface area contributed by atoms with Crippen LogP contribution >= 0.6 is 0 Å². The van der Waals surface area contributed by atoms with Crippen LogP contribution in [0, 0.1) is 0 Å². The van der Waals surface area contributed by atoms with Crippen molar-refractivity contribution in [2.24, 2.45) is 0 Å². The Morgan fingerprint density at radius 1 is 0.875 bits per heavy atom. The average Bonchev–Trinajstić information content (AvgIpc) is 3.28. The summed E-state index contributed by atoms with van der Waals surface area (Å²) < 4.78 is 11.5. The summed E-state index contributed by atoms with van der Waals surface area (Å²) >= 11 is 0. The van der Waals surface area contributed by atoms with Crippen LogP contribution in [0.4, 0.5) is 5.69 Å². The lowest BCUT2D eigenvalue weighted by molar-refractivity contribution is 0.102. The van der Waals surface area contributed by atoms with Gasteiger partial charge in [0.25, 0.3) is 5.91 Å². The molecular weight excluding hydrogens is 402 g/mol. The van der Waals surface area contributed by atoms with Gasteiger partial charge in [-0.15, -0.1) is 0 Å². The predicted octanol–water partition coefficient (Wildman–Crippen LogP) is 5.72. The molecule has 0 radical (unpaired) electrons. The summed E-state index contributed by atoms with van der Waals surface area (Å²) in [6, 6.07) is 28.0. The maximum absolute atomic E-state index is 12.6. The molecule has 2 aromatic heterocycles. The molecule has 0 spiro atoms. The number of ether oxygens (including phenoxy) is 1. The van der Waals surface area contributed by atoms with Crippen LogP contribution in [0.2, 0.25) is 0 Å². The summed E-state index contributed by atoms with van der Waals surface area (Å²) in [7, 11) is 0. The van der Waals surface area contributed by atoms with Gasteiger partial charge in [0.05, 0.1) is 0 Å². The van der Waals surface area contributed by atoms with Crippen molar-refractivity contribution < 1.29 is 13.9 Å². The Bertz CT molecular complexity index is 1310. The number of hydrogen-bond donors (Lipinski definition) is 1. The molecule has 0 saturated heterocycles. The van der Waals surface area contributed by atoms with Gasteiger partial charge >= 0.3 is 0 Å². The molecule has 0 saturated carbocycles. The molecule has 6 heteroatoms. The zero-order valence-electron chi connectivity index (χ0n) is 17.1. The van der Waals surface area contributed by atoms with Crippen LogP contribution in [0.5, 0.6) is 5.75 Å². The number of carbonyl (C=O) groups excluding carboxylic acids is 1. The number of anilines is 1. The van der Waals surface area contributed by atoms with Gasteiger partial charge in [-0.2, -0.15) is 4.98 Å². The van der Waals surface area contributed by atoms with Crippen LogP contribution in [0.25, 0.3) is 22.7 Å². The fourth-order valence-electron chi connectivity index (χ4n) is 3.24. The lowest BCUT2D eigenvalue weighted by Gasteiger charge is -2.08. The Morgan fingerprint density at radius 3 is 2.41 bits per heavy atom. The van der Waals surface area contributed by atoms with Gasteiger partial charge in [0.1, 0.15) is 12.4 Å². The zero-order chi connectivity index (χ0) is 21.8. The van der Waals surface area contributed by atoms with Crippen molar-refractivity contribution in [3.8, 4) is 17.2 Å². The highest BCUT2D eigenvalue weighted by Crippen LogP contribution is 2.24. The first-order chi connectivity index (χ1) is 15.7. The van der Waals surface area contributed by atoms with Gasteiger partial charge in [0.2, 0.25) is 5.89 Å². The van der Waals surface area contributed by atoms with Crippen molar-refractivity contribution in [1.29, 1.82) is 0 Å². The van der Waals surface area contributed by atoms with Gasteiger partial charge in [0, 0.05) is 23.0 Å². The highest BCUT2D eigenvalue weighted by Gasteiger charge is 2.10. The number of pyridine rings is 1. The molecule has 0 aliphatic heterocycles. The molecule has 5 aromatic rings. The molecule has 0 unspecified atom stereocenters. The number of fused-ring (bicyclic) bond motifs is 1. The van der Waals surface area contributed by atoms with Crippen LogP contribution < -0.4 is 10.1 Å². The second-order valence-corrected chi connectivity index (χ2v) is 7.17. The van der Waals surface area contributed by atoms with Crippen LogP contribution in [0.15, 0.2) is 102 Å². The van der Waals surface area contributed by atoms with E-state index in [1.807, 2.05) is 60.7 Å². The van der Waals surface area contributed by atoms with Gasteiger partial charge < -0.3 is 14.5 Å². The third-order valence-electron chi connectivity index (χ3n) is 4.92. The smallest absolute Gasteiger partial charge is 0.255 e. The van der Waals surface area contributed by atoms with Crippen molar-refractivity contribution in [1.82, 2.24) is 9.97 Å². The quantitative estimate of drug-likeness (QED) is 0.379. The lowest BCUT2D eigenvalue weighted by atomic mass is 10.1. The van der Waals surface area contributed by atoms with Gasteiger partial charge in [-0.25, -0.2) is 4.98 Å². The average molecular weight is 421 g/mol. The first-order valence-electron chi connectivity index (χ1n) is 10.1. The maximum Gasteiger partial charge on any atom is 0.255 e. The molecular formula is C26H19N3O3. The van der Waals surface area contributed by atoms with Gasteiger partial charge in [-0.3, -0.25) is 4.79 Å². The normalized spacial score (nSPS) is 10.8. The highest BCUT2D eigenvalue weighted by atomic mass is 16.5. The largest absolute Gasteiger partial charge is 0.489 e. The van der Waals surface area contributed by atoms with E-state index in [-0.39, 0.29) is 5.91 Å². The molecule has 6 nitrogen and oxygen atoms in total. The van der Waals surface area contributed by atoms with Crippen molar-refractivity contribution >= 4 is 22.8 Å². The maximum atomic E-state index is 12.6. The fourth-order valence-corrected chi connectivity index (χ4v) is 3.24. The van der Waals surface area contributed by atoms with E-state index in [0.29, 0.717) is 40.7 Å². The molecule has 1 amide bonds. The topological polar surface area (TPSA) is 77.3 Å². The molecule has 0 fully saturated rings. The second kappa shape index (κ2) is 8.73. The highest BCUT2D eigenvalue weighted by molar-refractivity contribution is 6.04. The van der Waals surface area contributed by atoms with Crippen molar-refractivity contribution in [3.63, 3.8) is 0 Å². The van der Waals surface area contributed by atoms with E-state index in [1.165, 1.54) is 0 Å². The third kappa shape index (κ3) is 4.34. The minimum absolute atomic E-state index is 0.196. The molecule has 1 N–H and O–H groups in total. The third-order valence-corrected chi connectivity index (χ3v) is 4.92. The Kier molecular flexibility index (Phi) is 5.32. The van der Waals surface area contributed by atoms with E-state index in [2.05, 4.69) is 15.3 Å². The second-order valence-electron chi connectivity index (χ2n) is 7.17. The number of oxazole rings is 1. The van der Waals surface area contributed by atoms with Crippen LogP contribution in [0.1, 0.15) is 15.9 Å². The molecule has 0 bridgehead atoms. The summed E-state index contributed by atoms with van der Waals surface area (Å²) in [4.78, 5) is 21.2. The predicted molar refractivity (Wildman–Crippen MR) is 122 cm³/mol. The van der Waals surface area contributed by atoms with Gasteiger partial charge in [-0.1, -0.05) is 30.3 Å². The Hall–Kier alpha value is -4.45. The van der Waals surface area contributed by atoms with E-state index >= 15 is 0 Å². The first kappa shape index (κ1) is 19.5. The zero-order valence-corrected chi connectivity index (χ0v) is 17.1. The number of amides is 1. The van der Waals surface area contributed by atoms with Crippen LogP contribution in [-0.4, -0.2) is 15.9 Å². The van der Waals surface area contributed by atoms with Crippen LogP contribution in [0.3, 0.4) is 0 Å². The monoisotopic (exact) mass is 421 g/mol. The molecule has 156 valence electrons. The molecule has 0 atom stereocenters. The summed E-state index contributed by atoms with van der Waals surface area (Å²) in [5.41, 5.74) is 4.32. The van der Waals surface area contributed by atoms with Crippen molar-refractivity contribution in [2.75, 3.05) is 5.32 Å². The van der Waals surface area contributed by atoms with Crippen molar-refractivity contribution in [2.45, 2.75) is 6.61 Å². The summed E-state index contributed by atoms with van der Waals surface area (Å²) in [5.74, 6) is 1.00. The first-order valence-corrected chi connectivity index (χ1v) is 10.1. The number of hydrogen-bond acceptors (Lipinski definition) is 5. The molecule has 5 rings (SSSR count). The fraction of sp³-hybridized carbons (Fsp3) is 0.0385. The Balaban J connectivity index is 1.21. The summed E-state index contributed by atoms with van der Waals surface area (Å²) in [6.07, 6.45) is 1.68. The minimum atomic E-state index is -0.196. The number of benzene rings is 3. The van der Waals surface area contributed by atoms with E-state index in [4.69, 9.17) is 9.15 Å². The standard InChI is InChI=1S/C26H19N3O3/c30-25(19-10-14-22(15-11-19)31-17-18-5-2-1-3-6-18)28-21-12-8-20(9-13-21)26-29-24-23(32-26)7-4-16-27-24/h1-16H,17H2,(H,28,30). The van der Waals surface area contributed by atoms with E-state index in [1.54, 1.807) is 36.5 Å². The number of carbonyl (C=O) groups is 1. The van der Waals surface area contributed by atoms with E-state index < -0.39 is 0 Å². The van der Waals surface area contributed by atoms with E-state index in [9.17, 15) is 4.79 Å². The SMILES string of the molecule is O=C(Nc1ccc(-c2nc3ncccc3o2)cc1)c1ccc(OCc2ccccc2)cc1. The Morgan fingerprint density at radius 2 is 1.66 bits per heavy atom. The van der Waals surface area contributed by atoms with Gasteiger partial charge in [-0.05, 0) is 66.2 Å². The Labute approximate surface area is 184 Å². The number of rotatable bonds is 6. The lowest BCUT2D eigenvalue weighted by Crippen LogP contribution is -2.11. The summed E-state index contributed by atoms with van der Waals surface area (Å²) in [6.45, 7) is 0.481. The van der Waals surface area contributed by atoms with Crippen LogP contribution in [-0.2, 0) is 6.61 Å². The molecule has 2 heterocycles. The molecule has 0 aliphatic rings. The number of nitrogens with zero attached hydrogens (tertiary/aromatic N) is 2. The minimum Gasteiger partial charge on any atom is -0.489 e. The van der Waals surface area contributed by atoms with Gasteiger partial charge in [0.15, 0.2) is 11.2 Å². The number of nitrogens with one attached hydrogen (secondary N) is 1. The van der Waals surface area contributed by atoms with Crippen molar-refractivity contribution in [3.05, 3.63) is 108 Å².